The van der Waals surface area contributed by atoms with Gasteiger partial charge in [-0.05, 0) is 77.2 Å². The van der Waals surface area contributed by atoms with E-state index in [1.165, 1.54) is 41.6 Å². The minimum atomic E-state index is 0.532. The molecule has 20 heavy (non-hydrogen) atoms. The van der Waals surface area contributed by atoms with Gasteiger partial charge < -0.3 is 10.2 Å². The highest BCUT2D eigenvalue weighted by Crippen LogP contribution is 2.26. The summed E-state index contributed by atoms with van der Waals surface area (Å²) in [6.07, 6.45) is 3.78. The van der Waals surface area contributed by atoms with Gasteiger partial charge >= 0.3 is 0 Å². The number of nitrogens with one attached hydrogen (secondary N) is 1. The number of aryl methyl sites for hydroxylation is 3. The predicted octanol–water partition coefficient (Wildman–Crippen LogP) is 4.57. The van der Waals surface area contributed by atoms with Crippen LogP contribution in [0.5, 0.6) is 0 Å². The Morgan fingerprint density at radius 3 is 2.10 bits per heavy atom. The standard InChI is InChI=1S/C17H26N2S/c1-11-9-12(2)16(13(3)10-11)18-17(20)19-14(4)7-6-8-15(19)5/h9-10,14-15H,6-8H2,1-5H3,(H,18,20). The Bertz CT molecular complexity index is 477. The fourth-order valence-corrected chi connectivity index (χ4v) is 3.83. The Morgan fingerprint density at radius 2 is 1.60 bits per heavy atom. The van der Waals surface area contributed by atoms with Crippen molar-refractivity contribution >= 4 is 23.0 Å². The molecule has 1 saturated heterocycles. The number of thiocarbonyl (C=S) groups is 1. The van der Waals surface area contributed by atoms with Crippen LogP contribution in [-0.4, -0.2) is 22.1 Å². The zero-order valence-corrected chi connectivity index (χ0v) is 14.1. The van der Waals surface area contributed by atoms with Gasteiger partial charge in [-0.15, -0.1) is 0 Å². The van der Waals surface area contributed by atoms with Gasteiger partial charge in [-0.2, -0.15) is 0 Å². The molecule has 0 radical (unpaired) electrons. The predicted molar refractivity (Wildman–Crippen MR) is 91.5 cm³/mol. The van der Waals surface area contributed by atoms with Crippen molar-refractivity contribution in [3.63, 3.8) is 0 Å². The van der Waals surface area contributed by atoms with Crippen molar-refractivity contribution < 1.29 is 0 Å². The van der Waals surface area contributed by atoms with Gasteiger partial charge in [0.25, 0.3) is 0 Å². The van der Waals surface area contributed by atoms with E-state index in [-0.39, 0.29) is 0 Å². The Morgan fingerprint density at radius 1 is 1.10 bits per heavy atom. The maximum Gasteiger partial charge on any atom is 0.173 e. The molecule has 0 aromatic heterocycles. The van der Waals surface area contributed by atoms with Gasteiger partial charge in [-0.1, -0.05) is 17.7 Å². The van der Waals surface area contributed by atoms with Gasteiger partial charge in [-0.25, -0.2) is 0 Å². The van der Waals surface area contributed by atoms with Crippen LogP contribution in [0.2, 0.25) is 0 Å². The van der Waals surface area contributed by atoms with E-state index in [4.69, 9.17) is 12.2 Å². The maximum absolute atomic E-state index is 5.68. The summed E-state index contributed by atoms with van der Waals surface area (Å²) in [4.78, 5) is 2.37. The van der Waals surface area contributed by atoms with Crippen molar-refractivity contribution in [3.8, 4) is 0 Å². The lowest BCUT2D eigenvalue weighted by molar-refractivity contribution is 0.194. The first-order valence-corrected chi connectivity index (χ1v) is 7.98. The molecule has 2 atom stereocenters. The highest BCUT2D eigenvalue weighted by molar-refractivity contribution is 7.80. The first-order chi connectivity index (χ1) is 9.40. The van der Waals surface area contributed by atoms with Gasteiger partial charge in [0.1, 0.15) is 0 Å². The first-order valence-electron chi connectivity index (χ1n) is 7.57. The Hall–Kier alpha value is -1.09. The summed E-state index contributed by atoms with van der Waals surface area (Å²) in [5.41, 5.74) is 5.01. The second-order valence-electron chi connectivity index (χ2n) is 6.24. The molecule has 0 saturated carbocycles. The summed E-state index contributed by atoms with van der Waals surface area (Å²) in [6.45, 7) is 11.0. The zero-order valence-electron chi connectivity index (χ0n) is 13.3. The van der Waals surface area contributed by atoms with Crippen molar-refractivity contribution in [3.05, 3.63) is 28.8 Å². The minimum absolute atomic E-state index is 0.532. The lowest BCUT2D eigenvalue weighted by atomic mass is 9.98. The molecule has 110 valence electrons. The van der Waals surface area contributed by atoms with E-state index in [0.29, 0.717) is 12.1 Å². The molecule has 1 heterocycles. The molecular formula is C17H26N2S. The van der Waals surface area contributed by atoms with E-state index in [2.05, 4.69) is 57.0 Å². The fraction of sp³-hybridized carbons (Fsp3) is 0.588. The van der Waals surface area contributed by atoms with E-state index in [1.807, 2.05) is 0 Å². The van der Waals surface area contributed by atoms with Gasteiger partial charge in [-0.3, -0.25) is 0 Å². The highest BCUT2D eigenvalue weighted by atomic mass is 32.1. The smallest absolute Gasteiger partial charge is 0.173 e. The van der Waals surface area contributed by atoms with E-state index < -0.39 is 0 Å². The summed E-state index contributed by atoms with van der Waals surface area (Å²) >= 11 is 5.68. The van der Waals surface area contributed by atoms with Crippen LogP contribution in [0.4, 0.5) is 5.69 Å². The zero-order chi connectivity index (χ0) is 14.9. The average Bonchev–Trinajstić information content (AvgIpc) is 2.33. The molecule has 1 aliphatic heterocycles. The van der Waals surface area contributed by atoms with E-state index in [0.717, 1.165) is 5.11 Å². The SMILES string of the molecule is Cc1cc(C)c(NC(=S)N2C(C)CCCC2C)c(C)c1. The molecule has 2 nitrogen and oxygen atoms in total. The topological polar surface area (TPSA) is 15.3 Å². The molecule has 0 bridgehead atoms. The van der Waals surface area contributed by atoms with E-state index in [1.54, 1.807) is 0 Å². The average molecular weight is 290 g/mol. The monoisotopic (exact) mass is 290 g/mol. The van der Waals surface area contributed by atoms with Gasteiger partial charge in [0.2, 0.25) is 0 Å². The summed E-state index contributed by atoms with van der Waals surface area (Å²) in [5, 5.41) is 4.37. The van der Waals surface area contributed by atoms with Gasteiger partial charge in [0.15, 0.2) is 5.11 Å². The lowest BCUT2D eigenvalue weighted by Gasteiger charge is -2.41. The Balaban J connectivity index is 2.19. The Kier molecular flexibility index (Phi) is 4.69. The number of rotatable bonds is 1. The summed E-state index contributed by atoms with van der Waals surface area (Å²) in [6, 6.07) is 5.48. The van der Waals surface area contributed by atoms with Crippen LogP contribution in [0.25, 0.3) is 0 Å². The highest BCUT2D eigenvalue weighted by Gasteiger charge is 2.27. The fourth-order valence-electron chi connectivity index (χ4n) is 3.37. The minimum Gasteiger partial charge on any atom is -0.344 e. The van der Waals surface area contributed by atoms with Crippen LogP contribution < -0.4 is 5.32 Å². The van der Waals surface area contributed by atoms with Crippen molar-refractivity contribution in [2.45, 2.75) is 66.0 Å². The lowest BCUT2D eigenvalue weighted by Crippen LogP contribution is -2.49. The van der Waals surface area contributed by atoms with Crippen molar-refractivity contribution in [1.29, 1.82) is 0 Å². The molecule has 2 rings (SSSR count). The number of piperidine rings is 1. The third-order valence-electron chi connectivity index (χ3n) is 4.34. The number of anilines is 1. The quantitative estimate of drug-likeness (QED) is 0.763. The summed E-state index contributed by atoms with van der Waals surface area (Å²) < 4.78 is 0. The van der Waals surface area contributed by atoms with E-state index >= 15 is 0 Å². The van der Waals surface area contributed by atoms with Crippen LogP contribution in [0.1, 0.15) is 49.8 Å². The second-order valence-corrected chi connectivity index (χ2v) is 6.63. The molecule has 1 aromatic rings. The van der Waals surface area contributed by atoms with Gasteiger partial charge in [0.05, 0.1) is 0 Å². The van der Waals surface area contributed by atoms with Crippen LogP contribution >= 0.6 is 12.2 Å². The molecule has 3 heteroatoms. The third kappa shape index (κ3) is 3.14. The molecule has 0 aliphatic carbocycles. The summed E-state index contributed by atoms with van der Waals surface area (Å²) in [7, 11) is 0. The van der Waals surface area contributed by atoms with E-state index in [9.17, 15) is 0 Å². The normalized spacial score (nSPS) is 22.8. The molecule has 0 spiro atoms. The number of hydrogen-bond donors (Lipinski definition) is 1. The molecule has 2 unspecified atom stereocenters. The van der Waals surface area contributed by atoms with Gasteiger partial charge in [0, 0.05) is 17.8 Å². The van der Waals surface area contributed by atoms with Crippen LogP contribution in [0.15, 0.2) is 12.1 Å². The maximum atomic E-state index is 5.68. The number of benzene rings is 1. The molecular weight excluding hydrogens is 264 g/mol. The van der Waals surface area contributed by atoms with Crippen LogP contribution in [0.3, 0.4) is 0 Å². The van der Waals surface area contributed by atoms with Crippen LogP contribution in [0, 0.1) is 20.8 Å². The van der Waals surface area contributed by atoms with Crippen molar-refractivity contribution in [2.75, 3.05) is 5.32 Å². The second kappa shape index (κ2) is 6.13. The molecule has 1 fully saturated rings. The number of hydrogen-bond acceptors (Lipinski definition) is 1. The molecule has 0 amide bonds. The molecule has 1 N–H and O–H groups in total. The largest absolute Gasteiger partial charge is 0.344 e. The van der Waals surface area contributed by atoms with Crippen LogP contribution in [-0.2, 0) is 0 Å². The van der Waals surface area contributed by atoms with Crippen molar-refractivity contribution in [2.24, 2.45) is 0 Å². The third-order valence-corrected chi connectivity index (χ3v) is 4.65. The summed E-state index contributed by atoms with van der Waals surface area (Å²) in [5.74, 6) is 0. The molecule has 1 aliphatic rings. The number of nitrogens with zero attached hydrogens (tertiary/aromatic N) is 1. The molecule has 1 aromatic carbocycles. The van der Waals surface area contributed by atoms with Crippen molar-refractivity contribution in [1.82, 2.24) is 4.90 Å². The number of likely N-dealkylation sites (tertiary alicyclic amines) is 1. The Labute approximate surface area is 128 Å². The first kappa shape index (κ1) is 15.3.